The summed E-state index contributed by atoms with van der Waals surface area (Å²) in [7, 11) is 0. The van der Waals surface area contributed by atoms with E-state index in [1.165, 1.54) is 0 Å². The first-order valence-corrected chi connectivity index (χ1v) is 6.94. The molecular formula is C18H16N2O2. The second-order valence-electron chi connectivity index (χ2n) is 4.66. The number of allylic oxidation sites excluding steroid dienone is 1. The highest BCUT2D eigenvalue weighted by Crippen LogP contribution is 2.24. The average Bonchev–Trinajstić information content (AvgIpc) is 2.56. The van der Waals surface area contributed by atoms with Crippen LogP contribution in [0.3, 0.4) is 0 Å². The van der Waals surface area contributed by atoms with Crippen LogP contribution in [-0.4, -0.2) is 0 Å². The largest absolute Gasteiger partial charge is 0.488 e. The zero-order chi connectivity index (χ0) is 15.8. The molecule has 0 aromatic heterocycles. The number of nitroso groups, excluding NO2 is 1. The number of rotatable bonds is 6. The van der Waals surface area contributed by atoms with Crippen LogP contribution in [0.25, 0.3) is 6.08 Å². The van der Waals surface area contributed by atoms with E-state index in [9.17, 15) is 4.91 Å². The third-order valence-electron chi connectivity index (χ3n) is 3.23. The van der Waals surface area contributed by atoms with E-state index in [1.807, 2.05) is 61.5 Å². The van der Waals surface area contributed by atoms with Crippen LogP contribution in [0.2, 0.25) is 0 Å². The minimum atomic E-state index is -1.01. The van der Waals surface area contributed by atoms with Gasteiger partial charge in [0.1, 0.15) is 12.4 Å². The second-order valence-corrected chi connectivity index (χ2v) is 4.66. The smallest absolute Gasteiger partial charge is 0.203 e. The lowest BCUT2D eigenvalue weighted by Gasteiger charge is -2.12. The summed E-state index contributed by atoms with van der Waals surface area (Å²) in [4.78, 5) is 10.8. The Bertz CT molecular complexity index is 717. The van der Waals surface area contributed by atoms with Gasteiger partial charge in [0, 0.05) is 11.1 Å². The molecule has 0 saturated heterocycles. The molecule has 0 radical (unpaired) electrons. The molecule has 22 heavy (non-hydrogen) atoms. The van der Waals surface area contributed by atoms with Crippen LogP contribution in [0.5, 0.6) is 5.75 Å². The van der Waals surface area contributed by atoms with Gasteiger partial charge in [0.25, 0.3) is 0 Å². The molecule has 1 atom stereocenters. The van der Waals surface area contributed by atoms with Crippen molar-refractivity contribution in [1.82, 2.24) is 0 Å². The minimum absolute atomic E-state index is 0.276. The number of para-hydroxylation sites is 1. The maximum atomic E-state index is 10.8. The van der Waals surface area contributed by atoms with E-state index in [-0.39, 0.29) is 6.61 Å². The summed E-state index contributed by atoms with van der Waals surface area (Å²) in [6.45, 7) is 2.22. The van der Waals surface area contributed by atoms with Gasteiger partial charge < -0.3 is 4.74 Å². The molecule has 0 heterocycles. The molecule has 2 aromatic carbocycles. The molecule has 4 nitrogen and oxygen atoms in total. The van der Waals surface area contributed by atoms with Crippen LogP contribution >= 0.6 is 0 Å². The average molecular weight is 292 g/mol. The summed E-state index contributed by atoms with van der Waals surface area (Å²) in [5.74, 6) is 0.753. The second kappa shape index (κ2) is 7.75. The number of hydrogen-bond acceptors (Lipinski definition) is 4. The maximum Gasteiger partial charge on any atom is 0.203 e. The predicted octanol–water partition coefficient (Wildman–Crippen LogP) is 4.63. The Kier molecular flexibility index (Phi) is 5.44. The van der Waals surface area contributed by atoms with Crippen LogP contribution in [-0.2, 0) is 6.61 Å². The molecular weight excluding hydrogens is 276 g/mol. The molecule has 110 valence electrons. The standard InChI is InChI=1S/C18H16N2O2/c1-2-7-14-8-4-6-11-18(14)22-13-15-9-3-5-10-16(15)17(12-19)20-21/h2-11,17H,13H2,1H3. The van der Waals surface area contributed by atoms with Crippen LogP contribution in [0.1, 0.15) is 29.7 Å². The SMILES string of the molecule is CC=Cc1ccccc1OCc1ccccc1C(C#N)N=O. The summed E-state index contributed by atoms with van der Waals surface area (Å²) in [5.41, 5.74) is 2.35. The first-order valence-electron chi connectivity index (χ1n) is 6.94. The summed E-state index contributed by atoms with van der Waals surface area (Å²) in [5, 5.41) is 11.9. The summed E-state index contributed by atoms with van der Waals surface area (Å²) in [6, 6.07) is 15.8. The molecule has 0 amide bonds. The normalized spacial score (nSPS) is 11.8. The van der Waals surface area contributed by atoms with Crippen molar-refractivity contribution in [3.8, 4) is 11.8 Å². The minimum Gasteiger partial charge on any atom is -0.488 e. The highest BCUT2D eigenvalue weighted by molar-refractivity contribution is 5.56. The summed E-state index contributed by atoms with van der Waals surface area (Å²) >= 11 is 0. The van der Waals surface area contributed by atoms with Crippen molar-refractivity contribution in [2.24, 2.45) is 5.18 Å². The van der Waals surface area contributed by atoms with Crippen molar-refractivity contribution < 1.29 is 4.74 Å². The van der Waals surface area contributed by atoms with E-state index in [2.05, 4.69) is 5.18 Å². The Labute approximate surface area is 129 Å². The highest BCUT2D eigenvalue weighted by atomic mass is 16.5. The van der Waals surface area contributed by atoms with E-state index in [4.69, 9.17) is 10.00 Å². The van der Waals surface area contributed by atoms with Gasteiger partial charge in [-0.25, -0.2) is 0 Å². The van der Waals surface area contributed by atoms with Crippen LogP contribution in [0.4, 0.5) is 0 Å². The molecule has 0 aliphatic rings. The fourth-order valence-electron chi connectivity index (χ4n) is 2.17. The Morgan fingerprint density at radius 2 is 1.95 bits per heavy atom. The molecule has 0 bridgehead atoms. The van der Waals surface area contributed by atoms with Gasteiger partial charge in [-0.15, -0.1) is 4.91 Å². The zero-order valence-corrected chi connectivity index (χ0v) is 12.3. The van der Waals surface area contributed by atoms with Gasteiger partial charge in [0.2, 0.25) is 6.04 Å². The molecule has 0 N–H and O–H groups in total. The molecule has 4 heteroatoms. The molecule has 0 saturated carbocycles. The van der Waals surface area contributed by atoms with Crippen molar-refractivity contribution in [3.05, 3.63) is 76.2 Å². The Morgan fingerprint density at radius 1 is 1.23 bits per heavy atom. The van der Waals surface area contributed by atoms with Crippen molar-refractivity contribution in [2.45, 2.75) is 19.6 Å². The van der Waals surface area contributed by atoms with Gasteiger partial charge in [-0.1, -0.05) is 54.6 Å². The summed E-state index contributed by atoms with van der Waals surface area (Å²) < 4.78 is 5.85. The molecule has 0 aliphatic heterocycles. The third-order valence-corrected chi connectivity index (χ3v) is 3.23. The van der Waals surface area contributed by atoms with E-state index in [1.54, 1.807) is 12.1 Å². The van der Waals surface area contributed by atoms with Crippen LogP contribution in [0, 0.1) is 16.2 Å². The number of benzene rings is 2. The number of nitrogens with zero attached hydrogens (tertiary/aromatic N) is 2. The van der Waals surface area contributed by atoms with Crippen molar-refractivity contribution in [2.75, 3.05) is 0 Å². The number of nitriles is 1. The third kappa shape index (κ3) is 3.58. The lowest BCUT2D eigenvalue weighted by atomic mass is 10.0. The molecule has 0 spiro atoms. The topological polar surface area (TPSA) is 62.4 Å². The Balaban J connectivity index is 2.23. The molecule has 0 fully saturated rings. The van der Waals surface area contributed by atoms with Crippen molar-refractivity contribution in [3.63, 3.8) is 0 Å². The van der Waals surface area contributed by atoms with Gasteiger partial charge >= 0.3 is 0 Å². The Hall–Kier alpha value is -2.93. The van der Waals surface area contributed by atoms with E-state index < -0.39 is 6.04 Å². The number of hydrogen-bond donors (Lipinski definition) is 0. The lowest BCUT2D eigenvalue weighted by Crippen LogP contribution is -2.03. The van der Waals surface area contributed by atoms with Gasteiger partial charge in [0.15, 0.2) is 0 Å². The fourth-order valence-corrected chi connectivity index (χ4v) is 2.17. The van der Waals surface area contributed by atoms with Gasteiger partial charge in [-0.05, 0) is 23.7 Å². The fraction of sp³-hybridized carbons (Fsp3) is 0.167. The van der Waals surface area contributed by atoms with Crippen molar-refractivity contribution >= 4 is 6.08 Å². The summed E-state index contributed by atoms with van der Waals surface area (Å²) in [6.07, 6.45) is 3.91. The lowest BCUT2D eigenvalue weighted by molar-refractivity contribution is 0.304. The van der Waals surface area contributed by atoms with Gasteiger partial charge in [0.05, 0.1) is 6.07 Å². The maximum absolute atomic E-state index is 10.8. The predicted molar refractivity (Wildman–Crippen MR) is 86.1 cm³/mol. The van der Waals surface area contributed by atoms with Crippen molar-refractivity contribution in [1.29, 1.82) is 5.26 Å². The zero-order valence-electron chi connectivity index (χ0n) is 12.3. The van der Waals surface area contributed by atoms with E-state index in [0.29, 0.717) is 5.56 Å². The highest BCUT2D eigenvalue weighted by Gasteiger charge is 2.15. The first-order chi connectivity index (χ1) is 10.8. The quantitative estimate of drug-likeness (QED) is 0.729. The molecule has 1 unspecified atom stereocenters. The van der Waals surface area contributed by atoms with Crippen LogP contribution < -0.4 is 4.74 Å². The van der Waals surface area contributed by atoms with Gasteiger partial charge in [-0.2, -0.15) is 5.26 Å². The molecule has 2 aromatic rings. The van der Waals surface area contributed by atoms with Crippen LogP contribution in [0.15, 0.2) is 59.8 Å². The Morgan fingerprint density at radius 3 is 2.68 bits per heavy atom. The number of ether oxygens (including phenoxy) is 1. The molecule has 2 rings (SSSR count). The van der Waals surface area contributed by atoms with E-state index in [0.717, 1.165) is 16.9 Å². The monoisotopic (exact) mass is 292 g/mol. The molecule has 0 aliphatic carbocycles. The first kappa shape index (κ1) is 15.5. The van der Waals surface area contributed by atoms with E-state index >= 15 is 0 Å². The van der Waals surface area contributed by atoms with Gasteiger partial charge in [-0.3, -0.25) is 0 Å².